The number of likely N-dealkylation sites (N-methyl/N-ethyl adjacent to an activating group) is 1. The minimum atomic E-state index is 0.562. The first kappa shape index (κ1) is 11.8. The smallest absolute Gasteiger partial charge is 0.0870 e. The van der Waals surface area contributed by atoms with Gasteiger partial charge in [-0.15, -0.1) is 0 Å². The van der Waals surface area contributed by atoms with E-state index < -0.39 is 0 Å². The van der Waals surface area contributed by atoms with E-state index in [4.69, 9.17) is 18.0 Å². The van der Waals surface area contributed by atoms with Crippen LogP contribution in [-0.4, -0.2) is 29.5 Å². The Balaban J connectivity index is 3.76. The number of hydrogen-bond donors (Lipinski definition) is 1. The molecule has 1 atom stereocenters. The van der Waals surface area contributed by atoms with Crippen LogP contribution in [0, 0.1) is 5.92 Å². The molecule has 72 valence electrons. The Bertz CT molecular complexity index is 145. The van der Waals surface area contributed by atoms with Crippen LogP contribution in [0.5, 0.6) is 0 Å². The highest BCUT2D eigenvalue weighted by Gasteiger charge is 2.10. The standard InChI is InChI=1S/C9H20N2S/c1-7(2)5-8(3)11(4)6-9(10)12/h7-8H,5-6H2,1-4H3,(H2,10,12). The maximum Gasteiger partial charge on any atom is 0.0870 e. The minimum Gasteiger partial charge on any atom is -0.392 e. The highest BCUT2D eigenvalue weighted by Crippen LogP contribution is 2.08. The summed E-state index contributed by atoms with van der Waals surface area (Å²) in [4.78, 5) is 2.77. The SMILES string of the molecule is CC(C)CC(C)N(C)CC(N)=S. The quantitative estimate of drug-likeness (QED) is 0.665. The third kappa shape index (κ3) is 5.49. The normalized spacial score (nSPS) is 13.8. The highest BCUT2D eigenvalue weighted by molar-refractivity contribution is 7.80. The van der Waals surface area contributed by atoms with Gasteiger partial charge in [0.05, 0.1) is 4.99 Å². The van der Waals surface area contributed by atoms with Crippen LogP contribution in [0.4, 0.5) is 0 Å². The number of hydrogen-bond acceptors (Lipinski definition) is 2. The van der Waals surface area contributed by atoms with Gasteiger partial charge in [-0.3, -0.25) is 4.90 Å². The van der Waals surface area contributed by atoms with E-state index in [1.54, 1.807) is 0 Å². The molecule has 0 aliphatic heterocycles. The van der Waals surface area contributed by atoms with E-state index in [9.17, 15) is 0 Å². The summed E-state index contributed by atoms with van der Waals surface area (Å²) in [7, 11) is 2.06. The lowest BCUT2D eigenvalue weighted by Crippen LogP contribution is -2.36. The fourth-order valence-corrected chi connectivity index (χ4v) is 1.47. The van der Waals surface area contributed by atoms with Crippen molar-refractivity contribution >= 4 is 17.2 Å². The second-order valence-corrected chi connectivity index (χ2v) is 4.38. The van der Waals surface area contributed by atoms with E-state index in [1.165, 1.54) is 6.42 Å². The van der Waals surface area contributed by atoms with E-state index in [0.29, 0.717) is 11.0 Å². The lowest BCUT2D eigenvalue weighted by atomic mass is 10.0. The van der Waals surface area contributed by atoms with Gasteiger partial charge in [0.2, 0.25) is 0 Å². The average Bonchev–Trinajstić information content (AvgIpc) is 1.84. The van der Waals surface area contributed by atoms with Crippen molar-refractivity contribution in [2.75, 3.05) is 13.6 Å². The molecule has 0 amide bonds. The maximum atomic E-state index is 5.45. The zero-order chi connectivity index (χ0) is 9.72. The molecule has 12 heavy (non-hydrogen) atoms. The molecule has 0 heterocycles. The second kappa shape index (κ2) is 5.49. The van der Waals surface area contributed by atoms with E-state index in [2.05, 4.69) is 32.7 Å². The monoisotopic (exact) mass is 188 g/mol. The molecule has 0 radical (unpaired) electrons. The molecule has 0 saturated heterocycles. The summed E-state index contributed by atoms with van der Waals surface area (Å²) >= 11 is 4.84. The van der Waals surface area contributed by atoms with Gasteiger partial charge in [-0.2, -0.15) is 0 Å². The van der Waals surface area contributed by atoms with Gasteiger partial charge in [-0.05, 0) is 26.3 Å². The van der Waals surface area contributed by atoms with Crippen molar-refractivity contribution < 1.29 is 0 Å². The Morgan fingerprint density at radius 2 is 1.92 bits per heavy atom. The van der Waals surface area contributed by atoms with Gasteiger partial charge >= 0.3 is 0 Å². The van der Waals surface area contributed by atoms with E-state index in [-0.39, 0.29) is 0 Å². The molecule has 1 unspecified atom stereocenters. The van der Waals surface area contributed by atoms with Gasteiger partial charge in [-0.1, -0.05) is 26.1 Å². The van der Waals surface area contributed by atoms with E-state index in [1.807, 2.05) is 0 Å². The Labute approximate surface area is 81.1 Å². The number of nitrogens with zero attached hydrogens (tertiary/aromatic N) is 1. The van der Waals surface area contributed by atoms with Gasteiger partial charge in [0, 0.05) is 12.6 Å². The minimum absolute atomic E-state index is 0.562. The van der Waals surface area contributed by atoms with Crippen molar-refractivity contribution in [3.05, 3.63) is 0 Å². The summed E-state index contributed by atoms with van der Waals surface area (Å²) < 4.78 is 0. The average molecular weight is 188 g/mol. The largest absolute Gasteiger partial charge is 0.392 e. The van der Waals surface area contributed by atoms with Crippen molar-refractivity contribution in [3.63, 3.8) is 0 Å². The van der Waals surface area contributed by atoms with Crippen molar-refractivity contribution in [2.24, 2.45) is 11.7 Å². The third-order valence-electron chi connectivity index (χ3n) is 1.97. The van der Waals surface area contributed by atoms with Gasteiger partial charge in [0.25, 0.3) is 0 Å². The van der Waals surface area contributed by atoms with Gasteiger partial charge in [0.1, 0.15) is 0 Å². The molecule has 0 rings (SSSR count). The summed E-state index contributed by atoms with van der Waals surface area (Å²) in [6, 6.07) is 0.562. The summed E-state index contributed by atoms with van der Waals surface area (Å²) in [6.45, 7) is 7.39. The van der Waals surface area contributed by atoms with Crippen LogP contribution in [0.2, 0.25) is 0 Å². The van der Waals surface area contributed by atoms with E-state index in [0.717, 1.165) is 12.5 Å². The first-order valence-corrected chi connectivity index (χ1v) is 4.82. The maximum absolute atomic E-state index is 5.45. The fraction of sp³-hybridized carbons (Fsp3) is 0.889. The van der Waals surface area contributed by atoms with Crippen LogP contribution < -0.4 is 5.73 Å². The number of rotatable bonds is 5. The zero-order valence-corrected chi connectivity index (χ0v) is 9.32. The first-order valence-electron chi connectivity index (χ1n) is 4.42. The van der Waals surface area contributed by atoms with E-state index >= 15 is 0 Å². The molecule has 0 aromatic rings. The molecule has 0 aromatic heterocycles. The van der Waals surface area contributed by atoms with Crippen LogP contribution in [0.1, 0.15) is 27.2 Å². The molecule has 0 aliphatic carbocycles. The molecule has 2 N–H and O–H groups in total. The molecular formula is C9H20N2S. The van der Waals surface area contributed by atoms with Gasteiger partial charge in [0.15, 0.2) is 0 Å². The molecule has 0 spiro atoms. The predicted molar refractivity (Wildman–Crippen MR) is 58.3 cm³/mol. The Morgan fingerprint density at radius 1 is 1.42 bits per heavy atom. The lowest BCUT2D eigenvalue weighted by molar-refractivity contribution is 0.257. The molecule has 0 saturated carbocycles. The Morgan fingerprint density at radius 3 is 2.25 bits per heavy atom. The summed E-state index contributed by atoms with van der Waals surface area (Å²) in [5, 5.41) is 0. The predicted octanol–water partition coefficient (Wildman–Crippen LogP) is 1.64. The number of nitrogens with two attached hydrogens (primary N) is 1. The summed E-state index contributed by atoms with van der Waals surface area (Å²) in [5.74, 6) is 0.730. The van der Waals surface area contributed by atoms with Gasteiger partial charge in [-0.25, -0.2) is 0 Å². The van der Waals surface area contributed by atoms with Crippen molar-refractivity contribution in [2.45, 2.75) is 33.2 Å². The molecule has 0 aliphatic rings. The Hall–Kier alpha value is -0.150. The highest BCUT2D eigenvalue weighted by atomic mass is 32.1. The Kier molecular flexibility index (Phi) is 5.42. The second-order valence-electron chi connectivity index (χ2n) is 3.86. The fourth-order valence-electron chi connectivity index (χ4n) is 1.26. The topological polar surface area (TPSA) is 29.3 Å². The summed E-state index contributed by atoms with van der Waals surface area (Å²) in [5.41, 5.74) is 5.45. The molecule has 0 fully saturated rings. The molecule has 0 bridgehead atoms. The molecule has 0 aromatic carbocycles. The summed E-state index contributed by atoms with van der Waals surface area (Å²) in [6.07, 6.45) is 1.19. The lowest BCUT2D eigenvalue weighted by Gasteiger charge is -2.25. The zero-order valence-electron chi connectivity index (χ0n) is 8.50. The van der Waals surface area contributed by atoms with Crippen LogP contribution in [0.15, 0.2) is 0 Å². The molecule has 3 heteroatoms. The number of thiocarbonyl (C=S) groups is 1. The van der Waals surface area contributed by atoms with Crippen LogP contribution in [0.25, 0.3) is 0 Å². The first-order chi connectivity index (χ1) is 5.43. The third-order valence-corrected chi connectivity index (χ3v) is 2.10. The van der Waals surface area contributed by atoms with Crippen molar-refractivity contribution in [1.29, 1.82) is 0 Å². The van der Waals surface area contributed by atoms with Crippen LogP contribution >= 0.6 is 12.2 Å². The van der Waals surface area contributed by atoms with Crippen molar-refractivity contribution in [3.8, 4) is 0 Å². The van der Waals surface area contributed by atoms with Crippen LogP contribution in [-0.2, 0) is 0 Å². The molecule has 2 nitrogen and oxygen atoms in total. The van der Waals surface area contributed by atoms with Crippen LogP contribution in [0.3, 0.4) is 0 Å². The van der Waals surface area contributed by atoms with Crippen molar-refractivity contribution in [1.82, 2.24) is 4.90 Å². The molecular weight excluding hydrogens is 168 g/mol. The van der Waals surface area contributed by atoms with Gasteiger partial charge < -0.3 is 5.73 Å².